The second kappa shape index (κ2) is 8.40. The van der Waals surface area contributed by atoms with Crippen LogP contribution in [0.4, 0.5) is 5.69 Å². The zero-order valence-corrected chi connectivity index (χ0v) is 17.0. The number of esters is 1. The number of benzene rings is 2. The fourth-order valence-corrected chi connectivity index (χ4v) is 3.78. The molecule has 0 spiro atoms. The topological polar surface area (TPSA) is 133 Å². The van der Waals surface area contributed by atoms with E-state index in [9.17, 15) is 19.7 Å². The highest BCUT2D eigenvalue weighted by Crippen LogP contribution is 2.34. The van der Waals surface area contributed by atoms with Gasteiger partial charge in [0.2, 0.25) is 5.78 Å². The minimum atomic E-state index is -0.827. The van der Waals surface area contributed by atoms with Gasteiger partial charge in [0.05, 0.1) is 15.4 Å². The lowest BCUT2D eigenvalue weighted by Gasteiger charge is -2.06. The van der Waals surface area contributed by atoms with Crippen molar-refractivity contribution in [3.8, 4) is 0 Å². The lowest BCUT2D eigenvalue weighted by molar-refractivity contribution is -0.387. The minimum Gasteiger partial charge on any atom is -0.454 e. The molecule has 0 atom stereocenters. The van der Waals surface area contributed by atoms with E-state index < -0.39 is 17.5 Å². The van der Waals surface area contributed by atoms with Crippen LogP contribution < -0.4 is 0 Å². The van der Waals surface area contributed by atoms with Crippen LogP contribution in [0.15, 0.2) is 65.0 Å². The van der Waals surface area contributed by atoms with Crippen LogP contribution in [0, 0.1) is 10.1 Å². The molecule has 156 valence electrons. The number of fused-ring (bicyclic) bond motifs is 1. The van der Waals surface area contributed by atoms with Crippen molar-refractivity contribution in [1.82, 2.24) is 19.7 Å². The summed E-state index contributed by atoms with van der Waals surface area (Å²) in [4.78, 5) is 39.1. The summed E-state index contributed by atoms with van der Waals surface area (Å²) in [7, 11) is 1.71. The van der Waals surface area contributed by atoms with Crippen molar-refractivity contribution in [1.29, 1.82) is 0 Å². The molecule has 11 heteroatoms. The number of hydrogen-bond acceptors (Lipinski definition) is 8. The van der Waals surface area contributed by atoms with E-state index in [1.807, 2.05) is 12.1 Å². The van der Waals surface area contributed by atoms with Gasteiger partial charge in [0.1, 0.15) is 6.33 Å². The molecule has 0 radical (unpaired) electrons. The van der Waals surface area contributed by atoms with Crippen LogP contribution in [0.25, 0.3) is 10.9 Å². The van der Waals surface area contributed by atoms with Gasteiger partial charge in [-0.1, -0.05) is 18.2 Å². The third kappa shape index (κ3) is 4.16. The van der Waals surface area contributed by atoms with Crippen molar-refractivity contribution < 1.29 is 19.2 Å². The number of hydrogen-bond donors (Lipinski definition) is 1. The Morgan fingerprint density at radius 2 is 2.06 bits per heavy atom. The lowest BCUT2D eigenvalue weighted by atomic mass is 10.1. The van der Waals surface area contributed by atoms with Gasteiger partial charge < -0.3 is 14.3 Å². The van der Waals surface area contributed by atoms with Crippen molar-refractivity contribution in [2.45, 2.75) is 10.1 Å². The molecule has 0 fully saturated rings. The van der Waals surface area contributed by atoms with Gasteiger partial charge in [-0.3, -0.25) is 14.9 Å². The summed E-state index contributed by atoms with van der Waals surface area (Å²) >= 11 is 1.05. The van der Waals surface area contributed by atoms with E-state index in [-0.39, 0.29) is 17.0 Å². The van der Waals surface area contributed by atoms with Crippen LogP contribution in [0.2, 0.25) is 0 Å². The molecule has 4 aromatic rings. The van der Waals surface area contributed by atoms with Crippen molar-refractivity contribution >= 4 is 40.1 Å². The normalized spacial score (nSPS) is 10.9. The second-order valence-electron chi connectivity index (χ2n) is 6.51. The summed E-state index contributed by atoms with van der Waals surface area (Å²) in [5.41, 5.74) is 0.903. The van der Waals surface area contributed by atoms with E-state index in [4.69, 9.17) is 4.74 Å². The smallest absolute Gasteiger partial charge is 0.338 e. The number of ketones is 1. The van der Waals surface area contributed by atoms with E-state index in [1.54, 1.807) is 29.9 Å². The summed E-state index contributed by atoms with van der Waals surface area (Å²) < 4.78 is 6.72. The quantitative estimate of drug-likeness (QED) is 0.201. The monoisotopic (exact) mass is 437 g/mol. The van der Waals surface area contributed by atoms with E-state index in [1.165, 1.54) is 18.5 Å². The highest BCUT2D eigenvalue weighted by atomic mass is 32.2. The average Bonchev–Trinajstić information content (AvgIpc) is 3.38. The van der Waals surface area contributed by atoms with E-state index in [2.05, 4.69) is 15.2 Å². The van der Waals surface area contributed by atoms with Crippen molar-refractivity contribution in [2.75, 3.05) is 6.61 Å². The Hall–Kier alpha value is -3.99. The van der Waals surface area contributed by atoms with Crippen LogP contribution >= 0.6 is 11.8 Å². The van der Waals surface area contributed by atoms with Gasteiger partial charge in [-0.15, -0.1) is 10.2 Å². The maximum absolute atomic E-state index is 12.5. The second-order valence-corrected chi connectivity index (χ2v) is 7.52. The van der Waals surface area contributed by atoms with Crippen LogP contribution in [-0.2, 0) is 11.8 Å². The number of aromatic amines is 1. The Morgan fingerprint density at radius 1 is 1.26 bits per heavy atom. The van der Waals surface area contributed by atoms with Gasteiger partial charge in [0, 0.05) is 35.8 Å². The summed E-state index contributed by atoms with van der Waals surface area (Å²) in [6.07, 6.45) is 3.04. The number of aromatic nitrogens is 4. The fraction of sp³-hybridized carbons (Fsp3) is 0.100. The van der Waals surface area contributed by atoms with Gasteiger partial charge in [0.25, 0.3) is 5.69 Å². The number of nitro groups is 1. The molecule has 0 aliphatic rings. The Balaban J connectivity index is 1.49. The van der Waals surface area contributed by atoms with Crippen LogP contribution in [0.3, 0.4) is 0 Å². The van der Waals surface area contributed by atoms with Gasteiger partial charge in [-0.25, -0.2) is 4.79 Å². The predicted octanol–water partition coefficient (Wildman–Crippen LogP) is 3.40. The third-order valence-electron chi connectivity index (χ3n) is 4.49. The molecule has 10 nitrogen and oxygen atoms in total. The molecule has 2 aromatic carbocycles. The van der Waals surface area contributed by atoms with Crippen molar-refractivity contribution in [3.63, 3.8) is 0 Å². The number of carbonyl (C=O) groups excluding carboxylic acids is 2. The Kier molecular flexibility index (Phi) is 5.50. The number of Topliss-reactive ketones (excluding diaryl/α,β-unsaturated/α-hetero) is 1. The summed E-state index contributed by atoms with van der Waals surface area (Å²) in [5.74, 6) is -1.21. The van der Waals surface area contributed by atoms with Crippen molar-refractivity contribution in [2.24, 2.45) is 7.05 Å². The number of para-hydroxylation sites is 1. The average molecular weight is 437 g/mol. The molecule has 0 aliphatic carbocycles. The lowest BCUT2D eigenvalue weighted by Crippen LogP contribution is -2.14. The first kappa shape index (κ1) is 20.3. The molecule has 2 heterocycles. The number of carbonyl (C=O) groups is 2. The number of ether oxygens (including phenoxy) is 1. The zero-order valence-electron chi connectivity index (χ0n) is 16.1. The maximum Gasteiger partial charge on any atom is 0.338 e. The molecule has 1 N–H and O–H groups in total. The molecule has 0 bridgehead atoms. The molecule has 0 aliphatic heterocycles. The van der Waals surface area contributed by atoms with E-state index >= 15 is 0 Å². The van der Waals surface area contributed by atoms with Gasteiger partial charge in [0.15, 0.2) is 11.8 Å². The molecule has 0 saturated carbocycles. The molecule has 31 heavy (non-hydrogen) atoms. The van der Waals surface area contributed by atoms with Gasteiger partial charge in [-0.2, -0.15) is 0 Å². The Labute approximate surface area is 179 Å². The first-order valence-electron chi connectivity index (χ1n) is 9.01. The summed E-state index contributed by atoms with van der Waals surface area (Å²) in [6, 6.07) is 11.2. The summed E-state index contributed by atoms with van der Waals surface area (Å²) in [6.45, 7) is -0.482. The number of aryl methyl sites for hydroxylation is 1. The number of nitrogens with one attached hydrogen (secondary N) is 1. The highest BCUT2D eigenvalue weighted by molar-refractivity contribution is 7.99. The van der Waals surface area contributed by atoms with Crippen molar-refractivity contribution in [3.05, 3.63) is 76.2 Å². The number of nitrogens with zero attached hydrogens (tertiary/aromatic N) is 4. The minimum absolute atomic E-state index is 0.0271. The molecule has 2 aromatic heterocycles. The fourth-order valence-electron chi connectivity index (χ4n) is 2.93. The molecular formula is C20H15N5O5S. The largest absolute Gasteiger partial charge is 0.454 e. The van der Waals surface area contributed by atoms with Gasteiger partial charge >= 0.3 is 5.97 Å². The molecule has 0 unspecified atom stereocenters. The first-order chi connectivity index (χ1) is 14.9. The number of H-pyrrole nitrogens is 1. The van der Waals surface area contributed by atoms with E-state index in [0.29, 0.717) is 15.6 Å². The standard InChI is InChI=1S/C20H15N5O5S/c1-24-11-22-23-20(24)31-18-7-6-12(8-16(18)25(28)29)19(27)30-10-17(26)14-9-21-15-5-3-2-4-13(14)15/h2-9,11,21H,10H2,1H3. The Bertz CT molecular complexity index is 1310. The Morgan fingerprint density at radius 3 is 2.81 bits per heavy atom. The van der Waals surface area contributed by atoms with E-state index in [0.717, 1.165) is 28.7 Å². The zero-order chi connectivity index (χ0) is 22.0. The molecule has 0 saturated heterocycles. The molecule has 0 amide bonds. The highest BCUT2D eigenvalue weighted by Gasteiger charge is 2.21. The van der Waals surface area contributed by atoms with Gasteiger partial charge in [-0.05, 0) is 30.0 Å². The van der Waals surface area contributed by atoms with Crippen LogP contribution in [-0.4, -0.2) is 43.0 Å². The van der Waals surface area contributed by atoms with Crippen LogP contribution in [0.1, 0.15) is 20.7 Å². The molecule has 4 rings (SSSR count). The van der Waals surface area contributed by atoms with Crippen LogP contribution in [0.5, 0.6) is 0 Å². The number of rotatable bonds is 7. The predicted molar refractivity (Wildman–Crippen MR) is 111 cm³/mol. The first-order valence-corrected chi connectivity index (χ1v) is 9.82. The SMILES string of the molecule is Cn1cnnc1Sc1ccc(C(=O)OCC(=O)c2c[nH]c3ccccc23)cc1[N+](=O)[O-]. The molecular weight excluding hydrogens is 422 g/mol. The number of nitro benzene ring substituents is 1. The summed E-state index contributed by atoms with van der Waals surface area (Å²) in [5, 5.41) is 20.3. The third-order valence-corrected chi connectivity index (χ3v) is 5.60. The maximum atomic E-state index is 12.5.